The van der Waals surface area contributed by atoms with E-state index in [-0.39, 0.29) is 11.6 Å². The van der Waals surface area contributed by atoms with Crippen molar-refractivity contribution in [2.24, 2.45) is 0 Å². The monoisotopic (exact) mass is 352 g/mol. The van der Waals surface area contributed by atoms with Gasteiger partial charge in [-0.2, -0.15) is 5.10 Å². The Morgan fingerprint density at radius 1 is 1.12 bits per heavy atom. The fourth-order valence-corrected chi connectivity index (χ4v) is 4.43. The summed E-state index contributed by atoms with van der Waals surface area (Å²) in [4.78, 5) is 16.6. The fourth-order valence-electron chi connectivity index (χ4n) is 4.43. The van der Waals surface area contributed by atoms with Crippen molar-refractivity contribution in [3.05, 3.63) is 57.8 Å². The molecule has 0 aromatic carbocycles. The number of rotatable bonds is 4. The zero-order chi connectivity index (χ0) is 17.9. The molecule has 138 valence electrons. The molecule has 5 heteroatoms. The van der Waals surface area contributed by atoms with Crippen LogP contribution >= 0.6 is 0 Å². The Morgan fingerprint density at radius 3 is 2.62 bits per heavy atom. The first kappa shape index (κ1) is 17.4. The second kappa shape index (κ2) is 7.70. The molecule has 0 spiro atoms. The lowest BCUT2D eigenvalue weighted by atomic mass is 9.90. The van der Waals surface area contributed by atoms with Crippen LogP contribution in [-0.2, 0) is 12.8 Å². The van der Waals surface area contributed by atoms with Crippen LogP contribution in [0.15, 0.2) is 35.4 Å². The maximum atomic E-state index is 12.5. The van der Waals surface area contributed by atoms with Crippen molar-refractivity contribution >= 4 is 0 Å². The van der Waals surface area contributed by atoms with E-state index in [0.717, 1.165) is 44.2 Å². The number of pyridine rings is 1. The Morgan fingerprint density at radius 2 is 1.85 bits per heavy atom. The summed E-state index contributed by atoms with van der Waals surface area (Å²) in [5.74, 6) is 0. The molecule has 2 aromatic heterocycles. The van der Waals surface area contributed by atoms with Crippen LogP contribution in [0.2, 0.25) is 0 Å². The Hall–Kier alpha value is -2.01. The number of fused-ring (bicyclic) bond motifs is 1. The molecule has 0 radical (unpaired) electrons. The van der Waals surface area contributed by atoms with Gasteiger partial charge in [-0.15, -0.1) is 0 Å². The molecule has 1 atom stereocenters. The molecule has 2 heterocycles. The van der Waals surface area contributed by atoms with E-state index in [1.165, 1.54) is 24.0 Å². The average molecular weight is 352 g/mol. The molecular formula is C21H28N4O. The number of aryl methyl sites for hydroxylation is 2. The minimum atomic E-state index is 0.0900. The summed E-state index contributed by atoms with van der Waals surface area (Å²) in [6.07, 6.45) is 12.3. The van der Waals surface area contributed by atoms with Crippen LogP contribution in [0.5, 0.6) is 0 Å². The molecule has 0 bridgehead atoms. The topological polar surface area (TPSA) is 59.8 Å². The molecule has 0 saturated heterocycles. The molecule has 2 aromatic rings. The van der Waals surface area contributed by atoms with E-state index in [0.29, 0.717) is 12.1 Å². The number of nitrogens with zero attached hydrogens (tertiary/aromatic N) is 3. The van der Waals surface area contributed by atoms with Crippen LogP contribution in [0.1, 0.15) is 74.4 Å². The van der Waals surface area contributed by atoms with Gasteiger partial charge in [0, 0.05) is 30.5 Å². The largest absolute Gasteiger partial charge is 0.307 e. The van der Waals surface area contributed by atoms with Gasteiger partial charge in [0.25, 0.3) is 5.56 Å². The highest BCUT2D eigenvalue weighted by Crippen LogP contribution is 2.29. The molecule has 2 aliphatic rings. The van der Waals surface area contributed by atoms with Crippen LogP contribution in [0, 0.1) is 0 Å². The third kappa shape index (κ3) is 3.73. The average Bonchev–Trinajstić information content (AvgIpc) is 2.69. The summed E-state index contributed by atoms with van der Waals surface area (Å²) in [6.45, 7) is 2.21. The summed E-state index contributed by atoms with van der Waals surface area (Å²) in [7, 11) is 0. The van der Waals surface area contributed by atoms with E-state index in [1.807, 2.05) is 18.5 Å². The van der Waals surface area contributed by atoms with Crippen LogP contribution in [0.3, 0.4) is 0 Å². The molecule has 0 amide bonds. The Kier molecular flexibility index (Phi) is 5.16. The van der Waals surface area contributed by atoms with Gasteiger partial charge in [0.15, 0.2) is 0 Å². The van der Waals surface area contributed by atoms with Crippen LogP contribution in [0.25, 0.3) is 0 Å². The number of nitrogens with one attached hydrogen (secondary N) is 1. The Balaban J connectivity index is 1.39. The van der Waals surface area contributed by atoms with Gasteiger partial charge in [-0.05, 0) is 81.5 Å². The predicted octanol–water partition coefficient (Wildman–Crippen LogP) is 3.35. The van der Waals surface area contributed by atoms with Gasteiger partial charge >= 0.3 is 0 Å². The van der Waals surface area contributed by atoms with E-state index >= 15 is 0 Å². The highest BCUT2D eigenvalue weighted by Gasteiger charge is 2.26. The summed E-state index contributed by atoms with van der Waals surface area (Å²) in [5.41, 5.74) is 3.70. The number of hydrogen-bond donors (Lipinski definition) is 1. The molecule has 1 fully saturated rings. The molecule has 4 rings (SSSR count). The Bertz CT molecular complexity index is 793. The highest BCUT2D eigenvalue weighted by molar-refractivity contribution is 5.20. The lowest BCUT2D eigenvalue weighted by Crippen LogP contribution is -2.38. The van der Waals surface area contributed by atoms with Crippen molar-refractivity contribution in [1.82, 2.24) is 20.1 Å². The van der Waals surface area contributed by atoms with E-state index in [9.17, 15) is 4.79 Å². The fraction of sp³-hybridized carbons (Fsp3) is 0.571. The van der Waals surface area contributed by atoms with E-state index < -0.39 is 0 Å². The summed E-state index contributed by atoms with van der Waals surface area (Å²) >= 11 is 0. The lowest BCUT2D eigenvalue weighted by molar-refractivity contribution is 0.257. The Labute approximate surface area is 154 Å². The molecule has 26 heavy (non-hydrogen) atoms. The molecular weight excluding hydrogens is 324 g/mol. The van der Waals surface area contributed by atoms with Crippen molar-refractivity contribution in [3.63, 3.8) is 0 Å². The van der Waals surface area contributed by atoms with Crippen molar-refractivity contribution in [2.75, 3.05) is 0 Å². The van der Waals surface area contributed by atoms with Gasteiger partial charge in [0.1, 0.15) is 0 Å². The predicted molar refractivity (Wildman–Crippen MR) is 102 cm³/mol. The standard InChI is InChI=1S/C21H28N4O/c1-15(16-10-12-22-13-11-16)23-18-6-8-19(9-7-18)25-21(26)14-17-4-2-3-5-20(17)24-25/h10-15,18-19,23H,2-9H2,1H3. The third-order valence-corrected chi connectivity index (χ3v) is 5.97. The number of aromatic nitrogens is 3. The first-order valence-corrected chi connectivity index (χ1v) is 9.98. The van der Waals surface area contributed by atoms with E-state index in [2.05, 4.69) is 29.4 Å². The molecule has 1 unspecified atom stereocenters. The molecule has 5 nitrogen and oxygen atoms in total. The lowest BCUT2D eigenvalue weighted by Gasteiger charge is -2.32. The van der Waals surface area contributed by atoms with Crippen molar-refractivity contribution in [3.8, 4) is 0 Å². The van der Waals surface area contributed by atoms with Gasteiger partial charge in [-0.25, -0.2) is 4.68 Å². The molecule has 0 aliphatic heterocycles. The van der Waals surface area contributed by atoms with Gasteiger partial charge in [0.05, 0.1) is 11.7 Å². The van der Waals surface area contributed by atoms with Gasteiger partial charge in [0.2, 0.25) is 0 Å². The van der Waals surface area contributed by atoms with Crippen molar-refractivity contribution in [1.29, 1.82) is 0 Å². The van der Waals surface area contributed by atoms with Gasteiger partial charge in [-0.3, -0.25) is 9.78 Å². The van der Waals surface area contributed by atoms with Gasteiger partial charge in [-0.1, -0.05) is 0 Å². The maximum absolute atomic E-state index is 12.5. The normalized spacial score (nSPS) is 24.0. The SMILES string of the molecule is CC(NC1CCC(n2nc3c(cc2=O)CCCC3)CC1)c1ccncc1. The molecule has 2 aliphatic carbocycles. The summed E-state index contributed by atoms with van der Waals surface area (Å²) < 4.78 is 1.78. The smallest absolute Gasteiger partial charge is 0.267 e. The van der Waals surface area contributed by atoms with E-state index in [4.69, 9.17) is 5.10 Å². The zero-order valence-corrected chi connectivity index (χ0v) is 15.5. The molecule has 1 saturated carbocycles. The first-order chi connectivity index (χ1) is 12.7. The van der Waals surface area contributed by atoms with Crippen molar-refractivity contribution in [2.45, 2.75) is 76.4 Å². The van der Waals surface area contributed by atoms with Crippen LogP contribution < -0.4 is 10.9 Å². The van der Waals surface area contributed by atoms with Crippen molar-refractivity contribution < 1.29 is 0 Å². The second-order valence-electron chi connectivity index (χ2n) is 7.78. The highest BCUT2D eigenvalue weighted by atomic mass is 16.1. The second-order valence-corrected chi connectivity index (χ2v) is 7.78. The first-order valence-electron chi connectivity index (χ1n) is 9.98. The van der Waals surface area contributed by atoms with Crippen LogP contribution in [-0.4, -0.2) is 20.8 Å². The zero-order valence-electron chi connectivity index (χ0n) is 15.5. The minimum absolute atomic E-state index is 0.0900. The maximum Gasteiger partial charge on any atom is 0.267 e. The number of hydrogen-bond acceptors (Lipinski definition) is 4. The quantitative estimate of drug-likeness (QED) is 0.917. The minimum Gasteiger partial charge on any atom is -0.307 e. The third-order valence-electron chi connectivity index (χ3n) is 5.97. The van der Waals surface area contributed by atoms with E-state index in [1.54, 1.807) is 4.68 Å². The van der Waals surface area contributed by atoms with Gasteiger partial charge < -0.3 is 5.32 Å². The summed E-state index contributed by atoms with van der Waals surface area (Å²) in [5, 5.41) is 8.48. The molecule has 1 N–H and O–H groups in total. The summed E-state index contributed by atoms with van der Waals surface area (Å²) in [6, 6.07) is 7.06. The van der Waals surface area contributed by atoms with Crippen LogP contribution in [0.4, 0.5) is 0 Å².